The number of amides is 2. The zero-order valence-electron chi connectivity index (χ0n) is 16.6. The van der Waals surface area contributed by atoms with E-state index in [9.17, 15) is 9.59 Å². The monoisotopic (exact) mass is 388 g/mol. The molecule has 1 N–H and O–H groups in total. The van der Waals surface area contributed by atoms with Crippen LogP contribution in [0.2, 0.25) is 0 Å². The van der Waals surface area contributed by atoms with Crippen LogP contribution >= 0.6 is 0 Å². The Bertz CT molecular complexity index is 961. The van der Waals surface area contributed by atoms with Gasteiger partial charge in [0.25, 0.3) is 11.8 Å². The Morgan fingerprint density at radius 2 is 1.76 bits per heavy atom. The first kappa shape index (κ1) is 20.2. The van der Waals surface area contributed by atoms with Crippen molar-refractivity contribution in [3.8, 4) is 0 Å². The Labute approximate surface area is 170 Å². The van der Waals surface area contributed by atoms with Crippen molar-refractivity contribution in [2.75, 3.05) is 13.6 Å². The van der Waals surface area contributed by atoms with Crippen LogP contribution < -0.4 is 5.32 Å². The van der Waals surface area contributed by atoms with Gasteiger partial charge in [-0.15, -0.1) is 0 Å². The Hall–Kier alpha value is -3.54. The molecule has 0 bridgehead atoms. The average molecular weight is 388 g/mol. The van der Waals surface area contributed by atoms with Crippen molar-refractivity contribution in [2.45, 2.75) is 19.4 Å². The first-order valence-corrected chi connectivity index (χ1v) is 9.51. The molecule has 6 heteroatoms. The molecule has 2 heterocycles. The maximum atomic E-state index is 12.7. The number of benzene rings is 1. The molecular formula is C23H24N4O2. The first-order chi connectivity index (χ1) is 14.0. The maximum Gasteiger partial charge on any atom is 0.272 e. The molecule has 2 amide bonds. The number of likely N-dealkylation sites (N-methyl/N-ethyl adjacent to an activating group) is 1. The fraction of sp³-hybridized carbons (Fsp3) is 0.217. The molecule has 2 aromatic heterocycles. The number of hydrogen-bond donors (Lipinski definition) is 1. The van der Waals surface area contributed by atoms with E-state index in [2.05, 4.69) is 15.3 Å². The van der Waals surface area contributed by atoms with Crippen molar-refractivity contribution >= 4 is 11.8 Å². The summed E-state index contributed by atoms with van der Waals surface area (Å²) >= 11 is 0. The summed E-state index contributed by atoms with van der Waals surface area (Å²) in [6.07, 6.45) is 5.68. The van der Waals surface area contributed by atoms with Gasteiger partial charge >= 0.3 is 0 Å². The molecule has 6 nitrogen and oxygen atoms in total. The fourth-order valence-corrected chi connectivity index (χ4v) is 2.94. The van der Waals surface area contributed by atoms with Crippen LogP contribution in [-0.2, 0) is 6.42 Å². The molecule has 0 saturated carbocycles. The predicted molar refractivity (Wildman–Crippen MR) is 111 cm³/mol. The first-order valence-electron chi connectivity index (χ1n) is 9.51. The van der Waals surface area contributed by atoms with Crippen LogP contribution in [0.15, 0.2) is 73.2 Å². The van der Waals surface area contributed by atoms with Crippen LogP contribution in [-0.4, -0.2) is 40.3 Å². The van der Waals surface area contributed by atoms with Crippen molar-refractivity contribution in [1.82, 2.24) is 20.2 Å². The molecule has 0 aliphatic rings. The minimum atomic E-state index is -0.239. The lowest BCUT2D eigenvalue weighted by Gasteiger charge is -2.17. The second-order valence-electron chi connectivity index (χ2n) is 6.87. The minimum absolute atomic E-state index is 0.140. The number of aromatic nitrogens is 2. The number of nitrogens with one attached hydrogen (secondary N) is 1. The third-order valence-electron chi connectivity index (χ3n) is 4.72. The van der Waals surface area contributed by atoms with E-state index < -0.39 is 0 Å². The highest BCUT2D eigenvalue weighted by Gasteiger charge is 2.17. The molecule has 0 fully saturated rings. The lowest BCUT2D eigenvalue weighted by molar-refractivity contribution is 0.0791. The van der Waals surface area contributed by atoms with Crippen LogP contribution in [0.25, 0.3) is 0 Å². The van der Waals surface area contributed by atoms with Crippen LogP contribution in [0, 0.1) is 0 Å². The Morgan fingerprint density at radius 1 is 1.03 bits per heavy atom. The normalized spacial score (nSPS) is 11.5. The standard InChI is InChI=1S/C23H24N4O2/c1-17(19-6-4-3-5-7-19)26-22(28)20-10-14-25-21(16-20)23(29)27(2)15-11-18-8-12-24-13-9-18/h3-10,12-14,16-17H,11,15H2,1-2H3,(H,26,28). The van der Waals surface area contributed by atoms with Gasteiger partial charge in [-0.05, 0) is 48.7 Å². The Kier molecular flexibility index (Phi) is 6.68. The van der Waals surface area contributed by atoms with E-state index in [1.165, 1.54) is 12.3 Å². The number of carbonyl (C=O) groups excluding carboxylic acids is 2. The number of pyridine rings is 2. The maximum absolute atomic E-state index is 12.7. The number of carbonyl (C=O) groups is 2. The summed E-state index contributed by atoms with van der Waals surface area (Å²) in [5, 5.41) is 2.96. The number of rotatable bonds is 7. The van der Waals surface area contributed by atoms with Crippen molar-refractivity contribution in [2.24, 2.45) is 0 Å². The van der Waals surface area contributed by atoms with Crippen molar-refractivity contribution < 1.29 is 9.59 Å². The van der Waals surface area contributed by atoms with Gasteiger partial charge in [-0.3, -0.25) is 19.6 Å². The lowest BCUT2D eigenvalue weighted by atomic mass is 10.1. The fourth-order valence-electron chi connectivity index (χ4n) is 2.94. The topological polar surface area (TPSA) is 75.2 Å². The SMILES string of the molecule is CC(NC(=O)c1ccnc(C(=O)N(C)CCc2ccncc2)c1)c1ccccc1. The molecule has 0 radical (unpaired) electrons. The Morgan fingerprint density at radius 3 is 2.48 bits per heavy atom. The molecule has 1 atom stereocenters. The van der Waals surface area contributed by atoms with Crippen LogP contribution in [0.4, 0.5) is 0 Å². The van der Waals surface area contributed by atoms with Crippen LogP contribution in [0.3, 0.4) is 0 Å². The van der Waals surface area contributed by atoms with Crippen LogP contribution in [0.1, 0.15) is 44.9 Å². The van der Waals surface area contributed by atoms with Gasteiger partial charge in [0, 0.05) is 37.7 Å². The average Bonchev–Trinajstić information content (AvgIpc) is 2.78. The molecule has 0 aliphatic carbocycles. The summed E-state index contributed by atoms with van der Waals surface area (Å²) in [7, 11) is 1.73. The van der Waals surface area contributed by atoms with E-state index in [-0.39, 0.29) is 23.6 Å². The lowest BCUT2D eigenvalue weighted by Crippen LogP contribution is -2.30. The van der Waals surface area contributed by atoms with E-state index in [1.807, 2.05) is 49.4 Å². The van der Waals surface area contributed by atoms with E-state index in [1.54, 1.807) is 30.4 Å². The quantitative estimate of drug-likeness (QED) is 0.674. The van der Waals surface area contributed by atoms with Gasteiger partial charge in [-0.25, -0.2) is 0 Å². The van der Waals surface area contributed by atoms with E-state index in [0.717, 1.165) is 17.5 Å². The molecule has 0 aliphatic heterocycles. The summed E-state index contributed by atoms with van der Waals surface area (Å²) in [5.41, 5.74) is 2.79. The molecule has 3 rings (SSSR count). The highest BCUT2D eigenvalue weighted by Crippen LogP contribution is 2.13. The van der Waals surface area contributed by atoms with E-state index in [0.29, 0.717) is 12.1 Å². The Balaban J connectivity index is 1.63. The number of nitrogens with zero attached hydrogens (tertiary/aromatic N) is 3. The third-order valence-corrected chi connectivity index (χ3v) is 4.72. The van der Waals surface area contributed by atoms with Gasteiger partial charge in [-0.1, -0.05) is 30.3 Å². The van der Waals surface area contributed by atoms with Gasteiger partial charge in [0.2, 0.25) is 0 Å². The predicted octanol–water partition coefficient (Wildman–Crippen LogP) is 3.28. The summed E-state index contributed by atoms with van der Waals surface area (Å²) in [4.78, 5) is 35.1. The van der Waals surface area contributed by atoms with Gasteiger partial charge in [0.15, 0.2) is 0 Å². The van der Waals surface area contributed by atoms with E-state index in [4.69, 9.17) is 0 Å². The molecule has 0 spiro atoms. The zero-order valence-corrected chi connectivity index (χ0v) is 16.6. The second-order valence-corrected chi connectivity index (χ2v) is 6.87. The largest absolute Gasteiger partial charge is 0.346 e. The molecule has 3 aromatic rings. The highest BCUT2D eigenvalue weighted by atomic mass is 16.2. The summed E-state index contributed by atoms with van der Waals surface area (Å²) in [6.45, 7) is 2.47. The molecule has 29 heavy (non-hydrogen) atoms. The highest BCUT2D eigenvalue weighted by molar-refractivity contribution is 5.98. The number of hydrogen-bond acceptors (Lipinski definition) is 4. The smallest absolute Gasteiger partial charge is 0.272 e. The third kappa shape index (κ3) is 5.48. The molecule has 148 valence electrons. The van der Waals surface area contributed by atoms with Crippen LogP contribution in [0.5, 0.6) is 0 Å². The minimum Gasteiger partial charge on any atom is -0.346 e. The summed E-state index contributed by atoms with van der Waals surface area (Å²) in [6, 6.07) is 16.6. The second kappa shape index (κ2) is 9.59. The van der Waals surface area contributed by atoms with Gasteiger partial charge in [0.05, 0.1) is 6.04 Å². The van der Waals surface area contributed by atoms with Gasteiger partial charge in [-0.2, -0.15) is 0 Å². The molecule has 1 unspecified atom stereocenters. The summed E-state index contributed by atoms with van der Waals surface area (Å²) in [5.74, 6) is -0.456. The van der Waals surface area contributed by atoms with Gasteiger partial charge < -0.3 is 10.2 Å². The molecule has 1 aromatic carbocycles. The zero-order chi connectivity index (χ0) is 20.6. The van der Waals surface area contributed by atoms with Crippen molar-refractivity contribution in [3.63, 3.8) is 0 Å². The molecule has 0 saturated heterocycles. The summed E-state index contributed by atoms with van der Waals surface area (Å²) < 4.78 is 0. The molecular weight excluding hydrogens is 364 g/mol. The van der Waals surface area contributed by atoms with Crippen molar-refractivity contribution in [3.05, 3.63) is 95.6 Å². The van der Waals surface area contributed by atoms with Crippen molar-refractivity contribution in [1.29, 1.82) is 0 Å². The van der Waals surface area contributed by atoms with Gasteiger partial charge in [0.1, 0.15) is 5.69 Å². The van der Waals surface area contributed by atoms with E-state index >= 15 is 0 Å².